The van der Waals surface area contributed by atoms with E-state index in [2.05, 4.69) is 10.0 Å². The predicted molar refractivity (Wildman–Crippen MR) is 109 cm³/mol. The Labute approximate surface area is 164 Å². The van der Waals surface area contributed by atoms with Gasteiger partial charge in [0, 0.05) is 23.1 Å². The Morgan fingerprint density at radius 1 is 1.15 bits per heavy atom. The predicted octanol–water partition coefficient (Wildman–Crippen LogP) is 3.50. The Morgan fingerprint density at radius 3 is 2.48 bits per heavy atom. The average Bonchev–Trinajstić information content (AvgIpc) is 2.61. The van der Waals surface area contributed by atoms with E-state index in [4.69, 9.17) is 4.74 Å². The fourth-order valence-corrected chi connectivity index (χ4v) is 4.47. The third kappa shape index (κ3) is 6.57. The van der Waals surface area contributed by atoms with Gasteiger partial charge in [-0.1, -0.05) is 18.2 Å². The third-order valence-electron chi connectivity index (χ3n) is 3.49. The smallest absolute Gasteiger partial charge is 0.240 e. The fourth-order valence-electron chi connectivity index (χ4n) is 2.32. The van der Waals surface area contributed by atoms with Crippen molar-refractivity contribution in [2.75, 3.05) is 18.2 Å². The lowest BCUT2D eigenvalue weighted by Crippen LogP contribution is -2.30. The highest BCUT2D eigenvalue weighted by molar-refractivity contribution is 7.99. The molecule has 0 radical (unpaired) electrons. The Hall–Kier alpha value is -2.03. The molecule has 2 aromatic carbocycles. The van der Waals surface area contributed by atoms with Gasteiger partial charge in [-0.2, -0.15) is 0 Å². The van der Waals surface area contributed by atoms with E-state index in [0.717, 1.165) is 4.90 Å². The number of benzene rings is 2. The van der Waals surface area contributed by atoms with Crippen molar-refractivity contribution in [1.29, 1.82) is 0 Å². The first kappa shape index (κ1) is 21.3. The molecule has 0 heterocycles. The van der Waals surface area contributed by atoms with Gasteiger partial charge in [-0.25, -0.2) is 13.1 Å². The molecule has 0 saturated carbocycles. The van der Waals surface area contributed by atoms with Crippen molar-refractivity contribution in [2.45, 2.75) is 36.1 Å². The van der Waals surface area contributed by atoms with Gasteiger partial charge in [-0.15, -0.1) is 11.8 Å². The van der Waals surface area contributed by atoms with Crippen molar-refractivity contribution < 1.29 is 17.9 Å². The normalized spacial score (nSPS) is 11.4. The monoisotopic (exact) mass is 408 g/mol. The summed E-state index contributed by atoms with van der Waals surface area (Å²) in [4.78, 5) is 13.4. The quantitative estimate of drug-likeness (QED) is 0.621. The van der Waals surface area contributed by atoms with Crippen LogP contribution in [0.15, 0.2) is 58.3 Å². The minimum absolute atomic E-state index is 0.0750. The molecule has 0 fully saturated rings. The molecule has 2 aromatic rings. The highest BCUT2D eigenvalue weighted by atomic mass is 32.2. The van der Waals surface area contributed by atoms with E-state index in [0.29, 0.717) is 23.6 Å². The zero-order valence-corrected chi connectivity index (χ0v) is 17.2. The standard InChI is InChI=1S/C19H24N2O4S2/c1-14(2)21-27(23,24)16-9-10-18(25-3)17(13-16)20-19(22)11-12-26-15-7-5-4-6-8-15/h4-10,13-14,21H,11-12H2,1-3H3,(H,20,22). The second-order valence-electron chi connectivity index (χ2n) is 6.10. The molecule has 0 atom stereocenters. The van der Waals surface area contributed by atoms with Gasteiger partial charge in [0.2, 0.25) is 15.9 Å². The van der Waals surface area contributed by atoms with Crippen LogP contribution in [-0.2, 0) is 14.8 Å². The Bertz CT molecular complexity index is 869. The molecule has 146 valence electrons. The Morgan fingerprint density at radius 2 is 1.85 bits per heavy atom. The summed E-state index contributed by atoms with van der Waals surface area (Å²) in [5, 5.41) is 2.74. The topological polar surface area (TPSA) is 84.5 Å². The van der Waals surface area contributed by atoms with Crippen molar-refractivity contribution in [3.8, 4) is 5.75 Å². The number of methoxy groups -OCH3 is 1. The second-order valence-corrected chi connectivity index (χ2v) is 8.98. The van der Waals surface area contributed by atoms with Crippen molar-refractivity contribution in [3.05, 3.63) is 48.5 Å². The average molecular weight is 409 g/mol. The number of hydrogen-bond acceptors (Lipinski definition) is 5. The number of anilines is 1. The van der Waals surface area contributed by atoms with Crippen LogP contribution in [0.1, 0.15) is 20.3 Å². The SMILES string of the molecule is COc1ccc(S(=O)(=O)NC(C)C)cc1NC(=O)CCSc1ccccc1. The number of sulfonamides is 1. The lowest BCUT2D eigenvalue weighted by Gasteiger charge is -2.14. The van der Waals surface area contributed by atoms with Gasteiger partial charge >= 0.3 is 0 Å². The van der Waals surface area contributed by atoms with Gasteiger partial charge in [0.1, 0.15) is 5.75 Å². The minimum Gasteiger partial charge on any atom is -0.495 e. The fraction of sp³-hybridized carbons (Fsp3) is 0.316. The number of carbonyl (C=O) groups excluding carboxylic acids is 1. The Balaban J connectivity index is 2.05. The van der Waals surface area contributed by atoms with Crippen LogP contribution in [0.3, 0.4) is 0 Å². The molecule has 0 aliphatic rings. The number of nitrogens with one attached hydrogen (secondary N) is 2. The first-order valence-corrected chi connectivity index (χ1v) is 11.0. The van der Waals surface area contributed by atoms with E-state index >= 15 is 0 Å². The largest absolute Gasteiger partial charge is 0.495 e. The Kier molecular flexibility index (Phi) is 7.70. The van der Waals surface area contributed by atoms with E-state index in [1.54, 1.807) is 25.6 Å². The van der Waals surface area contributed by atoms with E-state index in [-0.39, 0.29) is 16.8 Å². The van der Waals surface area contributed by atoms with Gasteiger partial charge in [-0.3, -0.25) is 4.79 Å². The molecule has 0 aromatic heterocycles. The molecule has 2 rings (SSSR count). The van der Waals surface area contributed by atoms with Crippen LogP contribution < -0.4 is 14.8 Å². The van der Waals surface area contributed by atoms with Crippen molar-refractivity contribution in [3.63, 3.8) is 0 Å². The molecule has 0 bridgehead atoms. The first-order chi connectivity index (χ1) is 12.8. The van der Waals surface area contributed by atoms with Crippen molar-refractivity contribution >= 4 is 33.4 Å². The van der Waals surface area contributed by atoms with Gasteiger partial charge in [0.15, 0.2) is 0 Å². The van der Waals surface area contributed by atoms with Crippen molar-refractivity contribution in [1.82, 2.24) is 4.72 Å². The highest BCUT2D eigenvalue weighted by Crippen LogP contribution is 2.28. The van der Waals surface area contributed by atoms with Crippen LogP contribution in [-0.4, -0.2) is 33.2 Å². The van der Waals surface area contributed by atoms with Gasteiger partial charge in [-0.05, 0) is 44.2 Å². The molecule has 27 heavy (non-hydrogen) atoms. The summed E-state index contributed by atoms with van der Waals surface area (Å²) >= 11 is 1.59. The maximum atomic E-state index is 12.3. The number of ether oxygens (including phenoxy) is 1. The van der Waals surface area contributed by atoms with E-state index in [1.165, 1.54) is 25.3 Å². The summed E-state index contributed by atoms with van der Waals surface area (Å²) in [6.45, 7) is 3.49. The summed E-state index contributed by atoms with van der Waals surface area (Å²) in [5.74, 6) is 0.816. The number of rotatable bonds is 9. The summed E-state index contributed by atoms with van der Waals surface area (Å²) in [5.41, 5.74) is 0.332. The number of thioether (sulfide) groups is 1. The highest BCUT2D eigenvalue weighted by Gasteiger charge is 2.18. The summed E-state index contributed by atoms with van der Waals surface area (Å²) in [6.07, 6.45) is 0.296. The minimum atomic E-state index is -3.66. The molecule has 6 nitrogen and oxygen atoms in total. The maximum Gasteiger partial charge on any atom is 0.240 e. The van der Waals surface area contributed by atoms with Crippen LogP contribution in [0.5, 0.6) is 5.75 Å². The second kappa shape index (κ2) is 9.77. The maximum absolute atomic E-state index is 12.3. The third-order valence-corrected chi connectivity index (χ3v) is 6.16. The number of amides is 1. The lowest BCUT2D eigenvalue weighted by molar-refractivity contribution is -0.115. The molecule has 8 heteroatoms. The molecule has 0 spiro atoms. The molecule has 1 amide bonds. The molecular formula is C19H24N2O4S2. The molecule has 0 aliphatic heterocycles. The van der Waals surface area contributed by atoms with Gasteiger partial charge in [0.05, 0.1) is 17.7 Å². The van der Waals surface area contributed by atoms with Crippen LogP contribution in [0.2, 0.25) is 0 Å². The zero-order chi connectivity index (χ0) is 19.9. The van der Waals surface area contributed by atoms with Gasteiger partial charge in [0.25, 0.3) is 0 Å². The van der Waals surface area contributed by atoms with E-state index < -0.39 is 10.0 Å². The number of carbonyl (C=O) groups is 1. The van der Waals surface area contributed by atoms with Crippen molar-refractivity contribution in [2.24, 2.45) is 0 Å². The summed E-state index contributed by atoms with van der Waals surface area (Å²) in [7, 11) is -2.19. The molecule has 0 saturated heterocycles. The van der Waals surface area contributed by atoms with Crippen LogP contribution >= 0.6 is 11.8 Å². The molecule has 2 N–H and O–H groups in total. The van der Waals surface area contributed by atoms with E-state index in [9.17, 15) is 13.2 Å². The number of hydrogen-bond donors (Lipinski definition) is 2. The van der Waals surface area contributed by atoms with Crippen LogP contribution in [0, 0.1) is 0 Å². The zero-order valence-electron chi connectivity index (χ0n) is 15.6. The molecule has 0 unspecified atom stereocenters. The molecule has 0 aliphatic carbocycles. The van der Waals surface area contributed by atoms with Crippen LogP contribution in [0.25, 0.3) is 0 Å². The molecular weight excluding hydrogens is 384 g/mol. The van der Waals surface area contributed by atoms with Gasteiger partial charge < -0.3 is 10.1 Å². The lowest BCUT2D eigenvalue weighted by atomic mass is 10.3. The van der Waals surface area contributed by atoms with E-state index in [1.807, 2.05) is 30.3 Å². The first-order valence-electron chi connectivity index (χ1n) is 8.50. The summed E-state index contributed by atoms with van der Waals surface area (Å²) < 4.78 is 32.4. The van der Waals surface area contributed by atoms with Crippen LogP contribution in [0.4, 0.5) is 5.69 Å². The summed E-state index contributed by atoms with van der Waals surface area (Å²) in [6, 6.07) is 14.0.